The summed E-state index contributed by atoms with van der Waals surface area (Å²) in [5.74, 6) is 1.86. The summed E-state index contributed by atoms with van der Waals surface area (Å²) < 4.78 is 0. The Morgan fingerprint density at radius 1 is 0.926 bits per heavy atom. The second-order valence-corrected chi connectivity index (χ2v) is 7.84. The maximum Gasteiger partial charge on any atom is 0.224 e. The molecule has 1 N–H and O–H groups in total. The van der Waals surface area contributed by atoms with Crippen molar-refractivity contribution in [2.75, 3.05) is 36.4 Å². The zero-order chi connectivity index (χ0) is 18.3. The van der Waals surface area contributed by atoms with E-state index in [1.807, 2.05) is 6.20 Å². The van der Waals surface area contributed by atoms with E-state index in [2.05, 4.69) is 56.5 Å². The van der Waals surface area contributed by atoms with Gasteiger partial charge < -0.3 is 10.2 Å². The minimum atomic E-state index is 0.418. The monoisotopic (exact) mass is 365 g/mol. The third-order valence-corrected chi connectivity index (χ3v) is 5.66. The highest BCUT2D eigenvalue weighted by Crippen LogP contribution is 2.20. The first-order chi connectivity index (χ1) is 13.4. The first kappa shape index (κ1) is 18.2. The second kappa shape index (κ2) is 9.18. The Labute approximate surface area is 162 Å². The third-order valence-electron chi connectivity index (χ3n) is 5.66. The first-order valence-electron chi connectivity index (χ1n) is 10.5. The molecule has 3 heterocycles. The van der Waals surface area contributed by atoms with Crippen LogP contribution < -0.4 is 10.2 Å². The van der Waals surface area contributed by atoms with Crippen LogP contribution in [-0.2, 0) is 6.54 Å². The summed E-state index contributed by atoms with van der Waals surface area (Å²) in [6.07, 6.45) is 9.52. The van der Waals surface area contributed by atoms with Crippen molar-refractivity contribution in [1.29, 1.82) is 0 Å². The molecular formula is C22H31N5. The molecule has 1 aromatic heterocycles. The molecule has 2 fully saturated rings. The number of hydrogen-bond donors (Lipinski definition) is 1. The van der Waals surface area contributed by atoms with Gasteiger partial charge in [-0.1, -0.05) is 43.2 Å². The molecule has 0 aliphatic carbocycles. The molecular weight excluding hydrogens is 334 g/mol. The lowest BCUT2D eigenvalue weighted by molar-refractivity contribution is 0.208. The molecule has 2 saturated heterocycles. The molecule has 27 heavy (non-hydrogen) atoms. The fraction of sp³-hybridized carbons (Fsp3) is 0.545. The second-order valence-electron chi connectivity index (χ2n) is 7.84. The van der Waals surface area contributed by atoms with Crippen molar-refractivity contribution >= 4 is 11.8 Å². The van der Waals surface area contributed by atoms with E-state index in [1.165, 1.54) is 50.6 Å². The van der Waals surface area contributed by atoms with Crippen LogP contribution in [0, 0.1) is 0 Å². The van der Waals surface area contributed by atoms with Crippen molar-refractivity contribution in [3.63, 3.8) is 0 Å². The van der Waals surface area contributed by atoms with E-state index in [4.69, 9.17) is 4.98 Å². The van der Waals surface area contributed by atoms with Gasteiger partial charge in [0.25, 0.3) is 0 Å². The predicted molar refractivity (Wildman–Crippen MR) is 111 cm³/mol. The van der Waals surface area contributed by atoms with Gasteiger partial charge in [-0.25, -0.2) is 4.98 Å². The molecule has 5 heteroatoms. The van der Waals surface area contributed by atoms with Crippen LogP contribution in [0.4, 0.5) is 11.8 Å². The highest BCUT2D eigenvalue weighted by molar-refractivity contribution is 5.43. The van der Waals surface area contributed by atoms with E-state index in [-0.39, 0.29) is 0 Å². The van der Waals surface area contributed by atoms with Crippen LogP contribution in [-0.4, -0.2) is 47.1 Å². The van der Waals surface area contributed by atoms with Crippen LogP contribution in [0.5, 0.6) is 0 Å². The molecule has 2 aliphatic rings. The van der Waals surface area contributed by atoms with E-state index in [9.17, 15) is 0 Å². The van der Waals surface area contributed by atoms with E-state index >= 15 is 0 Å². The van der Waals surface area contributed by atoms with Gasteiger partial charge in [0.05, 0.1) is 0 Å². The molecule has 144 valence electrons. The fourth-order valence-corrected chi connectivity index (χ4v) is 4.24. The Morgan fingerprint density at radius 3 is 2.56 bits per heavy atom. The van der Waals surface area contributed by atoms with E-state index in [0.717, 1.165) is 37.9 Å². The summed E-state index contributed by atoms with van der Waals surface area (Å²) >= 11 is 0. The van der Waals surface area contributed by atoms with Gasteiger partial charge in [-0.2, -0.15) is 4.98 Å². The minimum Gasteiger partial charge on any atom is -0.356 e. The number of nitrogens with one attached hydrogen (secondary N) is 1. The van der Waals surface area contributed by atoms with Gasteiger partial charge in [0.2, 0.25) is 5.95 Å². The summed E-state index contributed by atoms with van der Waals surface area (Å²) in [5.41, 5.74) is 1.39. The molecule has 1 atom stereocenters. The number of benzene rings is 1. The van der Waals surface area contributed by atoms with Crippen molar-refractivity contribution in [2.24, 2.45) is 0 Å². The van der Waals surface area contributed by atoms with Crippen molar-refractivity contribution in [2.45, 2.75) is 51.1 Å². The van der Waals surface area contributed by atoms with Crippen LogP contribution in [0.3, 0.4) is 0 Å². The number of nitrogens with zero attached hydrogens (tertiary/aromatic N) is 4. The average molecular weight is 366 g/mol. The maximum absolute atomic E-state index is 4.83. The molecule has 0 radical (unpaired) electrons. The van der Waals surface area contributed by atoms with Gasteiger partial charge in [-0.15, -0.1) is 0 Å². The molecule has 0 unspecified atom stereocenters. The van der Waals surface area contributed by atoms with Crippen molar-refractivity contribution in [1.82, 2.24) is 14.9 Å². The van der Waals surface area contributed by atoms with Gasteiger partial charge in [0.15, 0.2) is 0 Å². The van der Waals surface area contributed by atoms with Crippen LogP contribution in [0.25, 0.3) is 0 Å². The normalized spacial score (nSPS) is 21.6. The predicted octanol–water partition coefficient (Wildman–Crippen LogP) is 3.93. The molecule has 2 aromatic rings. The number of likely N-dealkylation sites (tertiary alicyclic amines) is 1. The molecule has 0 amide bonds. The van der Waals surface area contributed by atoms with E-state index < -0.39 is 0 Å². The number of rotatable bonds is 5. The van der Waals surface area contributed by atoms with Gasteiger partial charge in [-0.3, -0.25) is 4.90 Å². The lowest BCUT2D eigenvalue weighted by Gasteiger charge is -2.33. The summed E-state index contributed by atoms with van der Waals surface area (Å²) in [4.78, 5) is 14.3. The van der Waals surface area contributed by atoms with E-state index in [1.54, 1.807) is 0 Å². The number of hydrogen-bond acceptors (Lipinski definition) is 5. The summed E-state index contributed by atoms with van der Waals surface area (Å²) in [6, 6.07) is 13.2. The Bertz CT molecular complexity index is 697. The van der Waals surface area contributed by atoms with Gasteiger partial charge in [0.1, 0.15) is 5.82 Å². The van der Waals surface area contributed by atoms with E-state index in [0.29, 0.717) is 6.04 Å². The summed E-state index contributed by atoms with van der Waals surface area (Å²) in [7, 11) is 0. The summed E-state index contributed by atoms with van der Waals surface area (Å²) in [6.45, 7) is 5.47. The Balaban J connectivity index is 1.36. The van der Waals surface area contributed by atoms with Crippen LogP contribution in [0.15, 0.2) is 42.6 Å². The molecule has 1 aromatic carbocycles. The smallest absolute Gasteiger partial charge is 0.224 e. The highest BCUT2D eigenvalue weighted by atomic mass is 15.2. The molecule has 0 bridgehead atoms. The standard InChI is InChI=1S/C22H31N5/c1-2-7-16-27(15-6-1)21-12-13-23-22(25-21)24-20-11-8-14-26(18-20)17-19-9-4-3-5-10-19/h3-5,9-10,12-13,20H,1-2,6-8,11,14-18H2,(H,23,24,25)/t20-/m1/s1. The van der Waals surface area contributed by atoms with Gasteiger partial charge in [-0.05, 0) is 43.9 Å². The van der Waals surface area contributed by atoms with Crippen molar-refractivity contribution in [3.8, 4) is 0 Å². The average Bonchev–Trinajstić information content (AvgIpc) is 2.99. The number of anilines is 2. The molecule has 5 nitrogen and oxygen atoms in total. The number of piperidine rings is 1. The van der Waals surface area contributed by atoms with Gasteiger partial charge >= 0.3 is 0 Å². The van der Waals surface area contributed by atoms with Crippen LogP contribution in [0.1, 0.15) is 44.1 Å². The molecule has 0 saturated carbocycles. The molecule has 4 rings (SSSR count). The van der Waals surface area contributed by atoms with Crippen LogP contribution >= 0.6 is 0 Å². The zero-order valence-electron chi connectivity index (χ0n) is 16.2. The first-order valence-corrected chi connectivity index (χ1v) is 10.5. The maximum atomic E-state index is 4.83. The molecule has 0 spiro atoms. The van der Waals surface area contributed by atoms with Gasteiger partial charge in [0, 0.05) is 38.4 Å². The SMILES string of the molecule is c1ccc(CN2CCC[C@@H](Nc3nccc(N4CCCCCC4)n3)C2)cc1. The zero-order valence-corrected chi connectivity index (χ0v) is 16.2. The van der Waals surface area contributed by atoms with Crippen LogP contribution in [0.2, 0.25) is 0 Å². The topological polar surface area (TPSA) is 44.3 Å². The highest BCUT2D eigenvalue weighted by Gasteiger charge is 2.21. The van der Waals surface area contributed by atoms with Crippen molar-refractivity contribution in [3.05, 3.63) is 48.2 Å². The Morgan fingerprint density at radius 2 is 1.74 bits per heavy atom. The van der Waals surface area contributed by atoms with Crippen molar-refractivity contribution < 1.29 is 0 Å². The third kappa shape index (κ3) is 5.19. The minimum absolute atomic E-state index is 0.418. The quantitative estimate of drug-likeness (QED) is 0.870. The Kier molecular flexibility index (Phi) is 6.20. The lowest BCUT2D eigenvalue weighted by atomic mass is 10.0. The lowest BCUT2D eigenvalue weighted by Crippen LogP contribution is -2.42. The fourth-order valence-electron chi connectivity index (χ4n) is 4.24. The number of aromatic nitrogens is 2. The summed E-state index contributed by atoms with van der Waals surface area (Å²) in [5, 5.41) is 3.60. The molecule has 2 aliphatic heterocycles. The Hall–Kier alpha value is -2.14. The largest absolute Gasteiger partial charge is 0.356 e.